The third kappa shape index (κ3) is 4.11. The highest BCUT2D eigenvalue weighted by atomic mass is 35.5. The maximum Gasteiger partial charge on any atom is 0.242 e. The van der Waals surface area contributed by atoms with Crippen LogP contribution in [-0.4, -0.2) is 20.1 Å². The lowest BCUT2D eigenvalue weighted by atomic mass is 9.85. The van der Waals surface area contributed by atoms with Gasteiger partial charge in [-0.3, -0.25) is 0 Å². The normalized spacial score (nSPS) is 18.2. The number of hydrogen-bond acceptors (Lipinski definition) is 4. The fraction of sp³-hybridized carbons (Fsp3) is 0.444. The molecule has 1 fully saturated rings. The molecule has 4 nitrogen and oxygen atoms in total. The summed E-state index contributed by atoms with van der Waals surface area (Å²) in [5.74, 6) is 0. The van der Waals surface area contributed by atoms with Crippen LogP contribution in [-0.2, 0) is 15.4 Å². The monoisotopic (exact) mass is 433 g/mol. The summed E-state index contributed by atoms with van der Waals surface area (Å²) in [6.45, 7) is 2.04. The molecule has 2 N–H and O–H groups in total. The summed E-state index contributed by atoms with van der Waals surface area (Å²) in [6, 6.07) is 8.35. The molecule has 3 rings (SSSR count). The minimum absolute atomic E-state index is 0.00402. The van der Waals surface area contributed by atoms with Gasteiger partial charge in [-0.25, -0.2) is 13.1 Å². The summed E-state index contributed by atoms with van der Waals surface area (Å²) < 4.78 is 28.3. The van der Waals surface area contributed by atoms with E-state index < -0.39 is 16.1 Å². The molecular formula is C18H21Cl2NO3S2. The molecule has 26 heavy (non-hydrogen) atoms. The minimum Gasteiger partial charge on any atom is -0.388 e. The van der Waals surface area contributed by atoms with Crippen molar-refractivity contribution < 1.29 is 13.5 Å². The van der Waals surface area contributed by atoms with Gasteiger partial charge in [-0.2, -0.15) is 0 Å². The van der Waals surface area contributed by atoms with Crippen LogP contribution >= 0.6 is 34.5 Å². The molecule has 142 valence electrons. The first kappa shape index (κ1) is 20.1. The van der Waals surface area contributed by atoms with Gasteiger partial charge in [-0.1, -0.05) is 36.0 Å². The molecule has 1 aromatic heterocycles. The standard InChI is InChI=1S/C18H21Cl2NO3S2/c1-12(22)15-6-7-17(25-15)18(8-2-3-9-18)11-21-26(23,24)16-10-13(19)4-5-14(16)20/h4-7,10,12,21-22H,2-3,8-9,11H2,1H3. The Morgan fingerprint density at radius 3 is 2.54 bits per heavy atom. The Morgan fingerprint density at radius 2 is 1.92 bits per heavy atom. The Labute approximate surface area is 168 Å². The van der Waals surface area contributed by atoms with E-state index in [2.05, 4.69) is 4.72 Å². The fourth-order valence-corrected chi connectivity index (χ4v) is 6.50. The van der Waals surface area contributed by atoms with Crippen molar-refractivity contribution in [2.24, 2.45) is 0 Å². The van der Waals surface area contributed by atoms with E-state index in [1.807, 2.05) is 12.1 Å². The first-order chi connectivity index (χ1) is 12.2. The first-order valence-electron chi connectivity index (χ1n) is 8.46. The second-order valence-corrected chi connectivity index (χ2v) is 10.5. The van der Waals surface area contributed by atoms with Gasteiger partial charge >= 0.3 is 0 Å². The Hall–Kier alpha value is -0.630. The second-order valence-electron chi connectivity index (χ2n) is 6.76. The van der Waals surface area contributed by atoms with E-state index in [-0.39, 0.29) is 15.3 Å². The topological polar surface area (TPSA) is 66.4 Å². The molecule has 2 aromatic rings. The summed E-state index contributed by atoms with van der Waals surface area (Å²) >= 11 is 13.6. The number of aliphatic hydroxyl groups excluding tert-OH is 1. The minimum atomic E-state index is -3.77. The quantitative estimate of drug-likeness (QED) is 0.680. The lowest BCUT2D eigenvalue weighted by molar-refractivity contribution is 0.203. The number of nitrogens with one attached hydrogen (secondary N) is 1. The summed E-state index contributed by atoms with van der Waals surface area (Å²) in [5, 5.41) is 10.3. The van der Waals surface area contributed by atoms with Gasteiger partial charge in [-0.05, 0) is 50.1 Å². The summed E-state index contributed by atoms with van der Waals surface area (Å²) in [5.41, 5.74) is -0.240. The largest absolute Gasteiger partial charge is 0.388 e. The molecular weight excluding hydrogens is 413 g/mol. The zero-order valence-corrected chi connectivity index (χ0v) is 17.5. The van der Waals surface area contributed by atoms with Gasteiger partial charge < -0.3 is 5.11 Å². The van der Waals surface area contributed by atoms with E-state index in [1.54, 1.807) is 24.3 Å². The van der Waals surface area contributed by atoms with E-state index in [1.165, 1.54) is 12.1 Å². The third-order valence-corrected chi connectivity index (χ3v) is 8.53. The van der Waals surface area contributed by atoms with Crippen molar-refractivity contribution in [2.75, 3.05) is 6.54 Å². The lowest BCUT2D eigenvalue weighted by Gasteiger charge is -2.28. The Bertz CT molecular complexity index is 888. The van der Waals surface area contributed by atoms with Crippen molar-refractivity contribution in [1.29, 1.82) is 0 Å². The number of sulfonamides is 1. The molecule has 1 heterocycles. The van der Waals surface area contributed by atoms with Crippen LogP contribution in [0.25, 0.3) is 0 Å². The van der Waals surface area contributed by atoms with Gasteiger partial charge in [0.05, 0.1) is 11.1 Å². The Morgan fingerprint density at radius 1 is 1.23 bits per heavy atom. The fourth-order valence-electron chi connectivity index (χ4n) is 3.42. The molecule has 1 atom stereocenters. The molecule has 0 bridgehead atoms. The van der Waals surface area contributed by atoms with Crippen molar-refractivity contribution >= 4 is 44.6 Å². The van der Waals surface area contributed by atoms with Gasteiger partial charge in [-0.15, -0.1) is 11.3 Å². The van der Waals surface area contributed by atoms with Crippen LogP contribution in [0.4, 0.5) is 0 Å². The molecule has 1 aliphatic rings. The Kier molecular flexibility index (Phi) is 6.02. The molecule has 1 aromatic carbocycles. The van der Waals surface area contributed by atoms with Gasteiger partial charge in [0.15, 0.2) is 0 Å². The van der Waals surface area contributed by atoms with Crippen molar-refractivity contribution in [3.63, 3.8) is 0 Å². The van der Waals surface area contributed by atoms with Crippen molar-refractivity contribution in [2.45, 2.75) is 49.0 Å². The second kappa shape index (κ2) is 7.78. The van der Waals surface area contributed by atoms with E-state index in [0.717, 1.165) is 35.4 Å². The number of rotatable bonds is 6. The van der Waals surface area contributed by atoms with E-state index in [0.29, 0.717) is 11.6 Å². The van der Waals surface area contributed by atoms with Gasteiger partial charge in [0.2, 0.25) is 10.0 Å². The molecule has 0 spiro atoms. The van der Waals surface area contributed by atoms with Crippen LogP contribution in [0.1, 0.15) is 48.5 Å². The average molecular weight is 434 g/mol. The summed E-state index contributed by atoms with van der Waals surface area (Å²) in [6.07, 6.45) is 3.43. The summed E-state index contributed by atoms with van der Waals surface area (Å²) in [4.78, 5) is 2.01. The van der Waals surface area contributed by atoms with Crippen LogP contribution in [0.5, 0.6) is 0 Å². The number of thiophene rings is 1. The Balaban J connectivity index is 1.85. The van der Waals surface area contributed by atoms with E-state index >= 15 is 0 Å². The van der Waals surface area contributed by atoms with Crippen LogP contribution in [0.15, 0.2) is 35.2 Å². The molecule has 0 amide bonds. The molecule has 0 aliphatic heterocycles. The molecule has 1 unspecified atom stereocenters. The molecule has 0 radical (unpaired) electrons. The lowest BCUT2D eigenvalue weighted by Crippen LogP contribution is -2.38. The first-order valence-corrected chi connectivity index (χ1v) is 11.5. The van der Waals surface area contributed by atoms with Crippen molar-refractivity contribution in [1.82, 2.24) is 4.72 Å². The summed E-state index contributed by atoms with van der Waals surface area (Å²) in [7, 11) is -3.77. The van der Waals surface area contributed by atoms with Gasteiger partial charge in [0.1, 0.15) is 4.90 Å². The number of hydrogen-bond donors (Lipinski definition) is 2. The number of benzene rings is 1. The highest BCUT2D eigenvalue weighted by Crippen LogP contribution is 2.44. The smallest absolute Gasteiger partial charge is 0.242 e. The zero-order valence-electron chi connectivity index (χ0n) is 14.3. The third-order valence-electron chi connectivity index (χ3n) is 4.91. The van der Waals surface area contributed by atoms with Gasteiger partial charge in [0, 0.05) is 26.7 Å². The van der Waals surface area contributed by atoms with Crippen LogP contribution < -0.4 is 4.72 Å². The molecule has 0 saturated heterocycles. The van der Waals surface area contributed by atoms with Crippen LogP contribution in [0, 0.1) is 0 Å². The number of aliphatic hydroxyl groups is 1. The zero-order chi connectivity index (χ0) is 18.9. The number of halogens is 2. The maximum atomic E-state index is 12.8. The highest BCUT2D eigenvalue weighted by molar-refractivity contribution is 7.89. The van der Waals surface area contributed by atoms with E-state index in [4.69, 9.17) is 23.2 Å². The predicted molar refractivity (Wildman–Crippen MR) is 107 cm³/mol. The SMILES string of the molecule is CC(O)c1ccc(C2(CNS(=O)(=O)c3cc(Cl)ccc3Cl)CCCC2)s1. The van der Waals surface area contributed by atoms with Crippen molar-refractivity contribution in [3.05, 3.63) is 50.1 Å². The van der Waals surface area contributed by atoms with E-state index in [9.17, 15) is 13.5 Å². The van der Waals surface area contributed by atoms with Crippen molar-refractivity contribution in [3.8, 4) is 0 Å². The molecule has 1 aliphatic carbocycles. The maximum absolute atomic E-state index is 12.8. The van der Waals surface area contributed by atoms with Gasteiger partial charge in [0.25, 0.3) is 0 Å². The van der Waals surface area contributed by atoms with Crippen LogP contribution in [0.2, 0.25) is 10.0 Å². The molecule has 1 saturated carbocycles. The predicted octanol–water partition coefficient (Wildman–Crippen LogP) is 4.90. The van der Waals surface area contributed by atoms with Crippen LogP contribution in [0.3, 0.4) is 0 Å². The molecule has 8 heteroatoms. The highest BCUT2D eigenvalue weighted by Gasteiger charge is 2.38. The average Bonchev–Trinajstić information content (AvgIpc) is 3.25.